The van der Waals surface area contributed by atoms with Gasteiger partial charge in [0.1, 0.15) is 18.1 Å². The van der Waals surface area contributed by atoms with E-state index < -0.39 is 5.97 Å². The molecule has 2 aromatic rings. The molecule has 0 saturated heterocycles. The lowest BCUT2D eigenvalue weighted by Gasteiger charge is -2.15. The molecule has 2 rings (SSSR count). The number of benzene rings is 1. The van der Waals surface area contributed by atoms with Crippen molar-refractivity contribution < 1.29 is 14.6 Å². The van der Waals surface area contributed by atoms with Gasteiger partial charge in [-0.2, -0.15) is 0 Å². The number of carboxylic acids is 1. The zero-order valence-corrected chi connectivity index (χ0v) is 12.5. The number of aromatic carboxylic acids is 1. The summed E-state index contributed by atoms with van der Waals surface area (Å²) in [6.07, 6.45) is 1.49. The molecule has 1 aromatic carbocycles. The van der Waals surface area contributed by atoms with Gasteiger partial charge in [0, 0.05) is 6.20 Å². The number of aromatic nitrogens is 1. The first kappa shape index (κ1) is 15.0. The molecule has 0 atom stereocenters. The highest BCUT2D eigenvalue weighted by Gasteiger charge is 2.09. The Hall–Kier alpha value is -2.36. The van der Waals surface area contributed by atoms with Crippen molar-refractivity contribution in [2.75, 3.05) is 0 Å². The molecule has 1 aromatic heterocycles. The van der Waals surface area contributed by atoms with Crippen molar-refractivity contribution in [2.45, 2.75) is 33.3 Å². The quantitative estimate of drug-likeness (QED) is 0.908. The lowest BCUT2D eigenvalue weighted by Crippen LogP contribution is -2.04. The molecular weight excluding hydrogens is 266 g/mol. The highest BCUT2D eigenvalue weighted by Crippen LogP contribution is 2.28. The summed E-state index contributed by atoms with van der Waals surface area (Å²) in [5.74, 6) is 0.182. The fourth-order valence-electron chi connectivity index (χ4n) is 2.09. The molecule has 0 fully saturated rings. The Kier molecular flexibility index (Phi) is 4.58. The minimum atomic E-state index is -1.03. The first-order chi connectivity index (χ1) is 9.97. The van der Waals surface area contributed by atoms with E-state index in [1.807, 2.05) is 13.0 Å². The summed E-state index contributed by atoms with van der Waals surface area (Å²) in [5, 5.41) is 8.94. The van der Waals surface area contributed by atoms with E-state index in [-0.39, 0.29) is 5.69 Å². The summed E-state index contributed by atoms with van der Waals surface area (Å²) in [4.78, 5) is 14.7. The number of nitrogens with zero attached hydrogens (tertiary/aromatic N) is 1. The maximum Gasteiger partial charge on any atom is 0.354 e. The average molecular weight is 285 g/mol. The van der Waals surface area contributed by atoms with Crippen molar-refractivity contribution in [3.8, 4) is 5.75 Å². The SMILES string of the molecule is Cc1ccc(C(C)C)c(OCc2ccnc(C(=O)O)c2)c1. The molecule has 21 heavy (non-hydrogen) atoms. The Morgan fingerprint density at radius 1 is 1.29 bits per heavy atom. The molecular formula is C17H19NO3. The van der Waals surface area contributed by atoms with E-state index in [0.717, 1.165) is 22.4 Å². The Bertz CT molecular complexity index is 650. The molecule has 0 radical (unpaired) electrons. The molecule has 0 spiro atoms. The zero-order chi connectivity index (χ0) is 15.4. The molecule has 0 aliphatic rings. The first-order valence-corrected chi connectivity index (χ1v) is 6.89. The molecule has 0 bridgehead atoms. The smallest absolute Gasteiger partial charge is 0.354 e. The van der Waals surface area contributed by atoms with Gasteiger partial charge in [-0.15, -0.1) is 0 Å². The van der Waals surface area contributed by atoms with Crippen LogP contribution in [0.15, 0.2) is 36.5 Å². The van der Waals surface area contributed by atoms with Gasteiger partial charge in [0.15, 0.2) is 0 Å². The van der Waals surface area contributed by atoms with E-state index in [1.54, 1.807) is 6.07 Å². The van der Waals surface area contributed by atoms with Crippen molar-refractivity contribution in [1.29, 1.82) is 0 Å². The van der Waals surface area contributed by atoms with Crippen LogP contribution in [0.3, 0.4) is 0 Å². The predicted octanol–water partition coefficient (Wildman–Crippen LogP) is 3.79. The van der Waals surface area contributed by atoms with Crippen LogP contribution in [0.2, 0.25) is 0 Å². The summed E-state index contributed by atoms with van der Waals surface area (Å²) < 4.78 is 5.88. The topological polar surface area (TPSA) is 59.4 Å². The number of carboxylic acid groups (broad SMARTS) is 1. The van der Waals surface area contributed by atoms with E-state index in [9.17, 15) is 4.79 Å². The molecule has 0 amide bonds. The number of rotatable bonds is 5. The van der Waals surface area contributed by atoms with Gasteiger partial charge in [0.05, 0.1) is 0 Å². The Labute approximate surface area is 124 Å². The van der Waals surface area contributed by atoms with E-state index in [1.165, 1.54) is 12.3 Å². The molecule has 4 heteroatoms. The lowest BCUT2D eigenvalue weighted by molar-refractivity contribution is 0.0690. The molecule has 0 aliphatic carbocycles. The van der Waals surface area contributed by atoms with E-state index in [4.69, 9.17) is 9.84 Å². The third-order valence-electron chi connectivity index (χ3n) is 3.23. The van der Waals surface area contributed by atoms with Crippen molar-refractivity contribution in [2.24, 2.45) is 0 Å². The normalized spacial score (nSPS) is 10.7. The largest absolute Gasteiger partial charge is 0.489 e. The van der Waals surface area contributed by atoms with Gasteiger partial charge in [0.25, 0.3) is 0 Å². The van der Waals surface area contributed by atoms with Crippen LogP contribution in [0.25, 0.3) is 0 Å². The molecule has 0 saturated carbocycles. The minimum Gasteiger partial charge on any atom is -0.489 e. The fraction of sp³-hybridized carbons (Fsp3) is 0.294. The predicted molar refractivity (Wildman–Crippen MR) is 80.8 cm³/mol. The molecule has 110 valence electrons. The molecule has 1 heterocycles. The van der Waals surface area contributed by atoms with Crippen LogP contribution in [0.1, 0.15) is 46.9 Å². The monoisotopic (exact) mass is 285 g/mol. The number of ether oxygens (including phenoxy) is 1. The third-order valence-corrected chi connectivity index (χ3v) is 3.23. The summed E-state index contributed by atoms with van der Waals surface area (Å²) in [6.45, 7) is 6.58. The Morgan fingerprint density at radius 2 is 2.05 bits per heavy atom. The molecule has 1 N–H and O–H groups in total. The Balaban J connectivity index is 2.18. The van der Waals surface area contributed by atoms with E-state index in [2.05, 4.69) is 31.0 Å². The second kappa shape index (κ2) is 6.39. The first-order valence-electron chi connectivity index (χ1n) is 6.89. The van der Waals surface area contributed by atoms with Gasteiger partial charge in [0.2, 0.25) is 0 Å². The van der Waals surface area contributed by atoms with Crippen LogP contribution >= 0.6 is 0 Å². The van der Waals surface area contributed by atoms with Crippen LogP contribution in [-0.2, 0) is 6.61 Å². The maximum atomic E-state index is 10.9. The van der Waals surface area contributed by atoms with Gasteiger partial charge < -0.3 is 9.84 Å². The average Bonchev–Trinajstić information content (AvgIpc) is 2.45. The van der Waals surface area contributed by atoms with E-state index in [0.29, 0.717) is 12.5 Å². The van der Waals surface area contributed by atoms with Crippen molar-refractivity contribution >= 4 is 5.97 Å². The highest BCUT2D eigenvalue weighted by atomic mass is 16.5. The molecule has 0 aliphatic heterocycles. The van der Waals surface area contributed by atoms with Crippen LogP contribution < -0.4 is 4.74 Å². The number of aryl methyl sites for hydroxylation is 1. The summed E-state index contributed by atoms with van der Waals surface area (Å²) in [5.41, 5.74) is 3.10. The number of hydrogen-bond acceptors (Lipinski definition) is 3. The number of pyridine rings is 1. The van der Waals surface area contributed by atoms with E-state index >= 15 is 0 Å². The minimum absolute atomic E-state index is 0.0319. The second-order valence-corrected chi connectivity index (χ2v) is 5.34. The van der Waals surface area contributed by atoms with Gasteiger partial charge in [-0.05, 0) is 47.7 Å². The van der Waals surface area contributed by atoms with Gasteiger partial charge in [-0.3, -0.25) is 0 Å². The lowest BCUT2D eigenvalue weighted by atomic mass is 10.0. The number of hydrogen-bond donors (Lipinski definition) is 1. The summed E-state index contributed by atoms with van der Waals surface area (Å²) >= 11 is 0. The second-order valence-electron chi connectivity index (χ2n) is 5.34. The molecule has 0 unspecified atom stereocenters. The molecule has 4 nitrogen and oxygen atoms in total. The van der Waals surface area contributed by atoms with Crippen molar-refractivity contribution in [3.63, 3.8) is 0 Å². The van der Waals surface area contributed by atoms with Crippen molar-refractivity contribution in [3.05, 3.63) is 58.9 Å². The Morgan fingerprint density at radius 3 is 2.71 bits per heavy atom. The summed E-state index contributed by atoms with van der Waals surface area (Å²) in [6, 6.07) is 9.45. The fourth-order valence-corrected chi connectivity index (χ4v) is 2.09. The highest BCUT2D eigenvalue weighted by molar-refractivity contribution is 5.85. The van der Waals surface area contributed by atoms with Gasteiger partial charge in [-0.25, -0.2) is 9.78 Å². The van der Waals surface area contributed by atoms with Gasteiger partial charge >= 0.3 is 5.97 Å². The van der Waals surface area contributed by atoms with Crippen LogP contribution in [0.4, 0.5) is 0 Å². The number of carbonyl (C=O) groups is 1. The zero-order valence-electron chi connectivity index (χ0n) is 12.5. The third kappa shape index (κ3) is 3.81. The van der Waals surface area contributed by atoms with Crippen molar-refractivity contribution in [1.82, 2.24) is 4.98 Å². The van der Waals surface area contributed by atoms with Gasteiger partial charge in [-0.1, -0.05) is 26.0 Å². The maximum absolute atomic E-state index is 10.9. The standard InChI is InChI=1S/C17H19NO3/c1-11(2)14-5-4-12(3)8-16(14)21-10-13-6-7-18-15(9-13)17(19)20/h4-9,11H,10H2,1-3H3,(H,19,20). The summed E-state index contributed by atoms with van der Waals surface area (Å²) in [7, 11) is 0. The van der Waals surface area contributed by atoms with Crippen LogP contribution in [-0.4, -0.2) is 16.1 Å². The van der Waals surface area contributed by atoms with Crippen LogP contribution in [0, 0.1) is 6.92 Å². The van der Waals surface area contributed by atoms with Crippen LogP contribution in [0.5, 0.6) is 5.75 Å².